The van der Waals surface area contributed by atoms with Crippen molar-refractivity contribution in [3.05, 3.63) is 59.7 Å². The highest BCUT2D eigenvalue weighted by molar-refractivity contribution is 5.61. The zero-order valence-electron chi connectivity index (χ0n) is 13.2. The number of hydroxylamine groups is 1. The van der Waals surface area contributed by atoms with Crippen LogP contribution in [0.25, 0.3) is 0 Å². The Labute approximate surface area is 131 Å². The number of para-hydroxylation sites is 2. The molecule has 114 valence electrons. The van der Waals surface area contributed by atoms with Gasteiger partial charge in [-0.1, -0.05) is 50.2 Å². The first-order chi connectivity index (χ1) is 10.6. The van der Waals surface area contributed by atoms with E-state index in [-0.39, 0.29) is 11.5 Å². The summed E-state index contributed by atoms with van der Waals surface area (Å²) < 4.78 is 6.05. The number of nitrogens with zero attached hydrogens (tertiary/aromatic N) is 1. The van der Waals surface area contributed by atoms with E-state index in [0.717, 1.165) is 11.4 Å². The fourth-order valence-electron chi connectivity index (χ4n) is 4.01. The van der Waals surface area contributed by atoms with Crippen molar-refractivity contribution >= 4 is 5.69 Å². The van der Waals surface area contributed by atoms with Gasteiger partial charge in [-0.05, 0) is 17.7 Å². The number of benzene rings is 2. The average Bonchev–Trinajstić information content (AvgIpc) is 2.55. The van der Waals surface area contributed by atoms with E-state index < -0.39 is 0 Å². The Hall–Kier alpha value is -2.00. The predicted molar refractivity (Wildman–Crippen MR) is 87.1 cm³/mol. The van der Waals surface area contributed by atoms with E-state index in [9.17, 15) is 0 Å². The summed E-state index contributed by atoms with van der Waals surface area (Å²) in [6, 6.07) is 17.0. The summed E-state index contributed by atoms with van der Waals surface area (Å²) in [5.74, 6) is 1.32. The molecule has 4 rings (SSSR count). The normalized spacial score (nSPS) is 24.8. The molecule has 0 aromatic heterocycles. The van der Waals surface area contributed by atoms with Crippen LogP contribution < -0.4 is 9.80 Å². The average molecular weight is 295 g/mol. The molecule has 0 saturated carbocycles. The van der Waals surface area contributed by atoms with Crippen molar-refractivity contribution in [1.82, 2.24) is 0 Å². The smallest absolute Gasteiger partial charge is 0.124 e. The molecule has 2 atom stereocenters. The fourth-order valence-corrected chi connectivity index (χ4v) is 4.01. The highest BCUT2D eigenvalue weighted by atomic mass is 16.7. The number of ether oxygens (including phenoxy) is 1. The molecule has 0 amide bonds. The van der Waals surface area contributed by atoms with Gasteiger partial charge in [0.2, 0.25) is 0 Å². The number of hydrogen-bond donors (Lipinski definition) is 0. The largest absolute Gasteiger partial charge is 0.493 e. The molecular formula is C19H21NO2. The van der Waals surface area contributed by atoms with E-state index in [1.54, 1.807) is 7.11 Å². The second-order valence-corrected chi connectivity index (χ2v) is 6.65. The first kappa shape index (κ1) is 13.6. The molecule has 0 fully saturated rings. The lowest BCUT2D eigenvalue weighted by Crippen LogP contribution is -2.51. The summed E-state index contributed by atoms with van der Waals surface area (Å²) in [7, 11) is 1.75. The second-order valence-electron chi connectivity index (χ2n) is 6.65. The summed E-state index contributed by atoms with van der Waals surface area (Å²) in [5.41, 5.74) is 3.72. The maximum absolute atomic E-state index is 6.05. The quantitative estimate of drug-likeness (QED) is 0.790. The summed E-state index contributed by atoms with van der Waals surface area (Å²) in [6.07, 6.45) is 0. The van der Waals surface area contributed by atoms with Crippen LogP contribution in [0.4, 0.5) is 5.69 Å². The highest BCUT2D eigenvalue weighted by Crippen LogP contribution is 2.54. The van der Waals surface area contributed by atoms with Crippen molar-refractivity contribution in [2.75, 3.05) is 18.8 Å². The Kier molecular flexibility index (Phi) is 2.95. The Bertz CT molecular complexity index is 710. The molecule has 3 nitrogen and oxygen atoms in total. The molecule has 3 heteroatoms. The molecular weight excluding hydrogens is 274 g/mol. The standard InChI is InChI=1S/C19H21NO2/c1-19(2)14-9-5-6-10-16(14)20(21-3)18-13-8-4-7-11-17(13)22-12-15(18)19/h4-11,15,18H,12H2,1-3H3. The topological polar surface area (TPSA) is 21.7 Å². The lowest BCUT2D eigenvalue weighted by molar-refractivity contribution is 0.0442. The monoisotopic (exact) mass is 295 g/mol. The zero-order chi connectivity index (χ0) is 15.3. The summed E-state index contributed by atoms with van der Waals surface area (Å²) in [4.78, 5) is 5.82. The molecule has 22 heavy (non-hydrogen) atoms. The van der Waals surface area contributed by atoms with E-state index in [1.807, 2.05) is 12.1 Å². The molecule has 0 bridgehead atoms. The Balaban J connectivity index is 1.95. The van der Waals surface area contributed by atoms with Crippen molar-refractivity contribution in [3.8, 4) is 5.75 Å². The van der Waals surface area contributed by atoms with E-state index in [4.69, 9.17) is 9.57 Å². The number of rotatable bonds is 1. The Morgan fingerprint density at radius 1 is 1.09 bits per heavy atom. The zero-order valence-corrected chi connectivity index (χ0v) is 13.2. The minimum absolute atomic E-state index is 0.0316. The van der Waals surface area contributed by atoms with Crippen molar-refractivity contribution in [3.63, 3.8) is 0 Å². The summed E-state index contributed by atoms with van der Waals surface area (Å²) >= 11 is 0. The fraction of sp³-hybridized carbons (Fsp3) is 0.368. The van der Waals surface area contributed by atoms with E-state index in [2.05, 4.69) is 55.3 Å². The van der Waals surface area contributed by atoms with Gasteiger partial charge < -0.3 is 4.74 Å². The van der Waals surface area contributed by atoms with Crippen molar-refractivity contribution in [2.24, 2.45) is 5.92 Å². The van der Waals surface area contributed by atoms with Gasteiger partial charge in [0, 0.05) is 16.9 Å². The van der Waals surface area contributed by atoms with Crippen molar-refractivity contribution in [1.29, 1.82) is 0 Å². The highest BCUT2D eigenvalue weighted by Gasteiger charge is 2.50. The molecule has 2 aromatic rings. The molecule has 0 spiro atoms. The Morgan fingerprint density at radius 2 is 1.82 bits per heavy atom. The van der Waals surface area contributed by atoms with Gasteiger partial charge in [-0.25, -0.2) is 5.06 Å². The molecule has 2 unspecified atom stereocenters. The number of hydrogen-bond acceptors (Lipinski definition) is 3. The molecule has 2 aromatic carbocycles. The SMILES string of the molecule is CON1c2ccccc2C(C)(C)C2COc3ccccc3C21. The van der Waals surface area contributed by atoms with Gasteiger partial charge in [0.05, 0.1) is 25.4 Å². The molecule has 2 aliphatic rings. The number of fused-ring (bicyclic) bond motifs is 4. The van der Waals surface area contributed by atoms with E-state index in [1.165, 1.54) is 11.1 Å². The van der Waals surface area contributed by atoms with Gasteiger partial charge >= 0.3 is 0 Å². The lowest BCUT2D eigenvalue weighted by Gasteiger charge is -2.52. The minimum Gasteiger partial charge on any atom is -0.493 e. The van der Waals surface area contributed by atoms with Crippen LogP contribution >= 0.6 is 0 Å². The molecule has 0 saturated heterocycles. The third kappa shape index (κ3) is 1.72. The lowest BCUT2D eigenvalue weighted by atomic mass is 9.65. The van der Waals surface area contributed by atoms with E-state index in [0.29, 0.717) is 12.5 Å². The third-order valence-corrected chi connectivity index (χ3v) is 5.25. The van der Waals surface area contributed by atoms with Crippen LogP contribution in [0.3, 0.4) is 0 Å². The molecule has 2 aliphatic heterocycles. The van der Waals surface area contributed by atoms with Crippen LogP contribution in [0.5, 0.6) is 5.75 Å². The van der Waals surface area contributed by atoms with Gasteiger partial charge in [-0.2, -0.15) is 0 Å². The van der Waals surface area contributed by atoms with Crippen molar-refractivity contribution < 1.29 is 9.57 Å². The van der Waals surface area contributed by atoms with Crippen LogP contribution in [0.1, 0.15) is 31.0 Å². The van der Waals surface area contributed by atoms with Gasteiger partial charge in [0.1, 0.15) is 5.75 Å². The molecule has 0 aliphatic carbocycles. The van der Waals surface area contributed by atoms with Gasteiger partial charge in [-0.15, -0.1) is 0 Å². The van der Waals surface area contributed by atoms with Crippen LogP contribution in [-0.2, 0) is 10.3 Å². The second kappa shape index (κ2) is 4.75. The minimum atomic E-state index is 0.0316. The summed E-state index contributed by atoms with van der Waals surface area (Å²) in [5, 5.41) is 2.06. The van der Waals surface area contributed by atoms with Crippen LogP contribution in [0.15, 0.2) is 48.5 Å². The molecule has 2 heterocycles. The number of anilines is 1. The maximum Gasteiger partial charge on any atom is 0.124 e. The molecule has 0 N–H and O–H groups in total. The summed E-state index contributed by atoms with van der Waals surface area (Å²) in [6.45, 7) is 5.34. The first-order valence-corrected chi connectivity index (χ1v) is 7.79. The van der Waals surface area contributed by atoms with Gasteiger partial charge in [-0.3, -0.25) is 4.84 Å². The third-order valence-electron chi connectivity index (χ3n) is 5.25. The van der Waals surface area contributed by atoms with Crippen LogP contribution in [0.2, 0.25) is 0 Å². The van der Waals surface area contributed by atoms with Crippen LogP contribution in [-0.4, -0.2) is 13.7 Å². The predicted octanol–water partition coefficient (Wildman–Crippen LogP) is 4.10. The van der Waals surface area contributed by atoms with E-state index >= 15 is 0 Å². The van der Waals surface area contributed by atoms with Crippen molar-refractivity contribution in [2.45, 2.75) is 25.3 Å². The molecule has 0 radical (unpaired) electrons. The Morgan fingerprint density at radius 3 is 2.64 bits per heavy atom. The van der Waals surface area contributed by atoms with Crippen LogP contribution in [0, 0.1) is 5.92 Å². The van der Waals surface area contributed by atoms with Gasteiger partial charge in [0.15, 0.2) is 0 Å². The first-order valence-electron chi connectivity index (χ1n) is 7.79. The maximum atomic E-state index is 6.05. The van der Waals surface area contributed by atoms with Gasteiger partial charge in [0.25, 0.3) is 0 Å².